The van der Waals surface area contributed by atoms with Crippen LogP contribution in [0.4, 0.5) is 0 Å². The van der Waals surface area contributed by atoms with Crippen LogP contribution in [0.1, 0.15) is 36.2 Å². The first-order chi connectivity index (χ1) is 9.56. The van der Waals surface area contributed by atoms with Gasteiger partial charge in [0.05, 0.1) is 5.02 Å². The second-order valence-corrected chi connectivity index (χ2v) is 5.46. The van der Waals surface area contributed by atoms with Gasteiger partial charge < -0.3 is 10.6 Å². The number of nitrogens with one attached hydrogen (secondary N) is 2. The van der Waals surface area contributed by atoms with Crippen LogP contribution in [0.25, 0.3) is 0 Å². The van der Waals surface area contributed by atoms with Crippen LogP contribution < -0.4 is 10.6 Å². The molecule has 1 aromatic heterocycles. The van der Waals surface area contributed by atoms with Gasteiger partial charge >= 0.3 is 0 Å². The van der Waals surface area contributed by atoms with Crippen molar-refractivity contribution in [3.63, 3.8) is 0 Å². The average molecular weight is 316 g/mol. The Morgan fingerprint density at radius 1 is 1.30 bits per heavy atom. The highest BCUT2D eigenvalue weighted by Crippen LogP contribution is 2.18. The van der Waals surface area contributed by atoms with Crippen molar-refractivity contribution in [2.75, 3.05) is 6.54 Å². The van der Waals surface area contributed by atoms with Gasteiger partial charge in [-0.05, 0) is 31.4 Å². The Kier molecular flexibility index (Phi) is 5.20. The molecule has 0 radical (unpaired) electrons. The Hall–Kier alpha value is -1.33. The van der Waals surface area contributed by atoms with Gasteiger partial charge in [-0.3, -0.25) is 9.59 Å². The van der Waals surface area contributed by atoms with E-state index in [1.165, 1.54) is 12.1 Å². The minimum Gasteiger partial charge on any atom is -0.353 e. The summed E-state index contributed by atoms with van der Waals surface area (Å²) in [6, 6.07) is 3.41. The minimum absolute atomic E-state index is 0.0284. The Bertz CT molecular complexity index is 518. The van der Waals surface area contributed by atoms with E-state index >= 15 is 0 Å². The summed E-state index contributed by atoms with van der Waals surface area (Å²) in [5, 5.41) is 6.01. The quantitative estimate of drug-likeness (QED) is 0.624. The highest BCUT2D eigenvalue weighted by Gasteiger charge is 2.22. The first-order valence-electron chi connectivity index (χ1n) is 6.46. The third-order valence-electron chi connectivity index (χ3n) is 2.84. The lowest BCUT2D eigenvalue weighted by Crippen LogP contribution is -2.29. The first-order valence-corrected chi connectivity index (χ1v) is 7.21. The van der Waals surface area contributed by atoms with Crippen LogP contribution in [-0.2, 0) is 4.79 Å². The van der Waals surface area contributed by atoms with Crippen molar-refractivity contribution >= 4 is 35.0 Å². The van der Waals surface area contributed by atoms with Crippen LogP contribution in [0, 0.1) is 0 Å². The van der Waals surface area contributed by atoms with E-state index in [4.69, 9.17) is 23.2 Å². The zero-order valence-electron chi connectivity index (χ0n) is 10.8. The molecule has 1 aliphatic rings. The van der Waals surface area contributed by atoms with E-state index in [0.717, 1.165) is 12.8 Å². The van der Waals surface area contributed by atoms with Crippen LogP contribution in [0.5, 0.6) is 0 Å². The molecule has 1 aromatic rings. The summed E-state index contributed by atoms with van der Waals surface area (Å²) < 4.78 is 0. The predicted octanol–water partition coefficient (Wildman–Crippen LogP) is 2.18. The Morgan fingerprint density at radius 3 is 2.75 bits per heavy atom. The number of nitrogens with zero attached hydrogens (tertiary/aromatic N) is 1. The third-order valence-corrected chi connectivity index (χ3v) is 3.35. The van der Waals surface area contributed by atoms with Gasteiger partial charge in [0.15, 0.2) is 0 Å². The molecule has 1 saturated carbocycles. The number of pyridine rings is 1. The molecule has 0 aliphatic heterocycles. The molecule has 108 valence electrons. The molecule has 0 bridgehead atoms. The van der Waals surface area contributed by atoms with E-state index in [1.54, 1.807) is 0 Å². The largest absolute Gasteiger partial charge is 0.353 e. The van der Waals surface area contributed by atoms with Crippen LogP contribution >= 0.6 is 23.2 Å². The van der Waals surface area contributed by atoms with Gasteiger partial charge in [-0.1, -0.05) is 23.2 Å². The summed E-state index contributed by atoms with van der Waals surface area (Å²) in [5.74, 6) is -0.360. The summed E-state index contributed by atoms with van der Waals surface area (Å²) in [4.78, 5) is 27.1. The zero-order chi connectivity index (χ0) is 14.5. The van der Waals surface area contributed by atoms with Gasteiger partial charge in [-0.15, -0.1) is 0 Å². The van der Waals surface area contributed by atoms with Crippen LogP contribution in [-0.4, -0.2) is 29.4 Å². The standard InChI is InChI=1S/C13H15Cl2N3O2/c14-9-5-6-10(15)18-12(9)13(20)16-7-1-2-11(19)17-8-3-4-8/h5-6,8H,1-4,7H2,(H,16,20)(H,17,19). The number of aromatic nitrogens is 1. The molecular formula is C13H15Cl2N3O2. The predicted molar refractivity (Wildman–Crippen MR) is 77.0 cm³/mol. The maximum absolute atomic E-state index is 11.8. The van der Waals surface area contributed by atoms with E-state index in [9.17, 15) is 9.59 Å². The highest BCUT2D eigenvalue weighted by molar-refractivity contribution is 6.34. The molecule has 1 heterocycles. The van der Waals surface area contributed by atoms with Gasteiger partial charge in [0.1, 0.15) is 10.8 Å². The van der Waals surface area contributed by atoms with E-state index < -0.39 is 0 Å². The highest BCUT2D eigenvalue weighted by atomic mass is 35.5. The van der Waals surface area contributed by atoms with Gasteiger partial charge in [0, 0.05) is 19.0 Å². The number of hydrogen-bond acceptors (Lipinski definition) is 3. The molecule has 20 heavy (non-hydrogen) atoms. The smallest absolute Gasteiger partial charge is 0.271 e. The zero-order valence-corrected chi connectivity index (χ0v) is 12.3. The summed E-state index contributed by atoms with van der Waals surface area (Å²) >= 11 is 11.6. The number of amides is 2. The van der Waals surface area contributed by atoms with Crippen molar-refractivity contribution in [2.45, 2.75) is 31.7 Å². The summed E-state index contributed by atoms with van der Waals surface area (Å²) in [6.45, 7) is 0.390. The summed E-state index contributed by atoms with van der Waals surface area (Å²) in [5.41, 5.74) is 0.0987. The molecule has 0 saturated heterocycles. The van der Waals surface area contributed by atoms with Gasteiger partial charge in [-0.25, -0.2) is 4.98 Å². The van der Waals surface area contributed by atoms with E-state index in [-0.39, 0.29) is 27.7 Å². The van der Waals surface area contributed by atoms with Crippen molar-refractivity contribution in [1.82, 2.24) is 15.6 Å². The van der Waals surface area contributed by atoms with Crippen molar-refractivity contribution in [2.24, 2.45) is 0 Å². The molecule has 0 atom stereocenters. The van der Waals surface area contributed by atoms with Crippen molar-refractivity contribution in [1.29, 1.82) is 0 Å². The van der Waals surface area contributed by atoms with E-state index in [2.05, 4.69) is 15.6 Å². The van der Waals surface area contributed by atoms with Gasteiger partial charge in [-0.2, -0.15) is 0 Å². The van der Waals surface area contributed by atoms with E-state index in [0.29, 0.717) is 25.4 Å². The Balaban J connectivity index is 1.71. The van der Waals surface area contributed by atoms with Crippen LogP contribution in [0.2, 0.25) is 10.2 Å². The van der Waals surface area contributed by atoms with Crippen LogP contribution in [0.3, 0.4) is 0 Å². The maximum atomic E-state index is 11.8. The lowest BCUT2D eigenvalue weighted by Gasteiger charge is -2.06. The first kappa shape index (κ1) is 15.1. The molecule has 2 rings (SSSR count). The summed E-state index contributed by atoms with van der Waals surface area (Å²) in [7, 11) is 0. The molecule has 1 fully saturated rings. The molecule has 0 unspecified atom stereocenters. The van der Waals surface area contributed by atoms with Crippen molar-refractivity contribution in [3.05, 3.63) is 28.0 Å². The molecule has 2 amide bonds. The number of rotatable bonds is 6. The summed E-state index contributed by atoms with van der Waals surface area (Å²) in [6.07, 6.45) is 3.11. The maximum Gasteiger partial charge on any atom is 0.271 e. The average Bonchev–Trinajstić information content (AvgIpc) is 3.21. The molecule has 1 aliphatic carbocycles. The Labute approximate surface area is 127 Å². The topological polar surface area (TPSA) is 71.1 Å². The molecule has 0 aromatic carbocycles. The molecule has 7 heteroatoms. The van der Waals surface area contributed by atoms with Gasteiger partial charge in [0.2, 0.25) is 5.91 Å². The fourth-order valence-electron chi connectivity index (χ4n) is 1.64. The SMILES string of the molecule is O=C(CCCNC(=O)c1nc(Cl)ccc1Cl)NC1CC1. The molecule has 0 spiro atoms. The van der Waals surface area contributed by atoms with E-state index in [1.807, 2.05) is 0 Å². The molecule has 5 nitrogen and oxygen atoms in total. The van der Waals surface area contributed by atoms with Crippen LogP contribution in [0.15, 0.2) is 12.1 Å². The van der Waals surface area contributed by atoms with Crippen molar-refractivity contribution in [3.8, 4) is 0 Å². The monoisotopic (exact) mass is 315 g/mol. The fraction of sp³-hybridized carbons (Fsp3) is 0.462. The molecule has 2 N–H and O–H groups in total. The lowest BCUT2D eigenvalue weighted by atomic mass is 10.2. The third kappa shape index (κ3) is 4.65. The second-order valence-electron chi connectivity index (χ2n) is 4.67. The number of carbonyl (C=O) groups is 2. The Morgan fingerprint density at radius 2 is 2.05 bits per heavy atom. The number of carbonyl (C=O) groups excluding carboxylic acids is 2. The van der Waals surface area contributed by atoms with Crippen molar-refractivity contribution < 1.29 is 9.59 Å². The molecular weight excluding hydrogens is 301 g/mol. The minimum atomic E-state index is -0.389. The normalized spacial score (nSPS) is 13.9. The van der Waals surface area contributed by atoms with Gasteiger partial charge in [0.25, 0.3) is 5.91 Å². The fourth-order valence-corrected chi connectivity index (χ4v) is 1.98. The second kappa shape index (κ2) is 6.90. The number of halogens is 2. The number of hydrogen-bond donors (Lipinski definition) is 2. The lowest BCUT2D eigenvalue weighted by molar-refractivity contribution is -0.121.